The highest BCUT2D eigenvalue weighted by Crippen LogP contribution is 2.24. The van der Waals surface area contributed by atoms with Crippen molar-refractivity contribution in [3.05, 3.63) is 23.9 Å². The molecule has 0 bridgehead atoms. The van der Waals surface area contributed by atoms with Crippen LogP contribution in [0.15, 0.2) is 18.3 Å². The molecule has 1 aromatic heterocycles. The number of carbonyl (C=O) groups is 1. The van der Waals surface area contributed by atoms with Gasteiger partial charge in [-0.1, -0.05) is 19.3 Å². The third-order valence-electron chi connectivity index (χ3n) is 3.17. The molecule has 0 aromatic carbocycles. The van der Waals surface area contributed by atoms with Gasteiger partial charge in [-0.3, -0.25) is 4.79 Å². The molecule has 1 aliphatic rings. The van der Waals surface area contributed by atoms with Crippen LogP contribution in [0.2, 0.25) is 0 Å². The van der Waals surface area contributed by atoms with Crippen molar-refractivity contribution >= 4 is 11.8 Å². The quantitative estimate of drug-likeness (QED) is 0.815. The van der Waals surface area contributed by atoms with Gasteiger partial charge in [-0.25, -0.2) is 4.98 Å². The van der Waals surface area contributed by atoms with Gasteiger partial charge in [0.05, 0.1) is 5.92 Å². The lowest BCUT2D eigenvalue weighted by Crippen LogP contribution is -2.20. The molecule has 4 heteroatoms. The Bertz CT molecular complexity index is 387. The number of nitrogens with zero attached hydrogens (tertiary/aromatic N) is 1. The first-order valence-electron chi connectivity index (χ1n) is 6.13. The lowest BCUT2D eigenvalue weighted by Gasteiger charge is -2.19. The number of hydrogen-bond donors (Lipinski definition) is 1. The Kier molecular flexibility index (Phi) is 3.96. The fraction of sp³-hybridized carbons (Fsp3) is 0.538. The third-order valence-corrected chi connectivity index (χ3v) is 3.17. The van der Waals surface area contributed by atoms with Crippen LogP contribution in [-0.2, 0) is 16.1 Å². The SMILES string of the molecule is Nc1cc(COC(=O)C2CCCCC2)ccn1. The Hall–Kier alpha value is -1.58. The van der Waals surface area contributed by atoms with E-state index in [0.717, 1.165) is 31.2 Å². The molecule has 0 amide bonds. The molecule has 0 spiro atoms. The number of aromatic nitrogens is 1. The minimum atomic E-state index is -0.0694. The van der Waals surface area contributed by atoms with E-state index < -0.39 is 0 Å². The molecule has 2 N–H and O–H groups in total. The highest BCUT2D eigenvalue weighted by atomic mass is 16.5. The van der Waals surface area contributed by atoms with E-state index in [-0.39, 0.29) is 11.9 Å². The van der Waals surface area contributed by atoms with Crippen molar-refractivity contribution in [1.82, 2.24) is 4.98 Å². The number of nitrogens with two attached hydrogens (primary N) is 1. The molecular weight excluding hydrogens is 216 g/mol. The number of pyridine rings is 1. The van der Waals surface area contributed by atoms with Gasteiger partial charge in [0.15, 0.2) is 0 Å². The predicted octanol–water partition coefficient (Wildman–Crippen LogP) is 2.29. The molecular formula is C13H18N2O2. The molecule has 4 nitrogen and oxygen atoms in total. The summed E-state index contributed by atoms with van der Waals surface area (Å²) in [6.45, 7) is 0.294. The highest BCUT2D eigenvalue weighted by molar-refractivity contribution is 5.72. The van der Waals surface area contributed by atoms with Gasteiger partial charge in [0.2, 0.25) is 0 Å². The van der Waals surface area contributed by atoms with Crippen LogP contribution in [-0.4, -0.2) is 11.0 Å². The van der Waals surface area contributed by atoms with Crippen LogP contribution < -0.4 is 5.73 Å². The lowest BCUT2D eigenvalue weighted by molar-refractivity contribution is -0.151. The van der Waals surface area contributed by atoms with E-state index in [0.29, 0.717) is 12.4 Å². The maximum atomic E-state index is 11.8. The van der Waals surface area contributed by atoms with E-state index in [1.165, 1.54) is 6.42 Å². The van der Waals surface area contributed by atoms with Gasteiger partial charge < -0.3 is 10.5 Å². The van der Waals surface area contributed by atoms with Crippen LogP contribution in [0.5, 0.6) is 0 Å². The van der Waals surface area contributed by atoms with Crippen LogP contribution in [0.25, 0.3) is 0 Å². The van der Waals surface area contributed by atoms with Crippen LogP contribution in [0.3, 0.4) is 0 Å². The van der Waals surface area contributed by atoms with Crippen molar-refractivity contribution in [1.29, 1.82) is 0 Å². The lowest BCUT2D eigenvalue weighted by atomic mass is 9.89. The van der Waals surface area contributed by atoms with Crippen LogP contribution >= 0.6 is 0 Å². The number of rotatable bonds is 3. The molecule has 1 heterocycles. The van der Waals surface area contributed by atoms with Gasteiger partial charge >= 0.3 is 5.97 Å². The van der Waals surface area contributed by atoms with E-state index in [2.05, 4.69) is 4.98 Å². The van der Waals surface area contributed by atoms with Crippen LogP contribution in [0.1, 0.15) is 37.7 Å². The summed E-state index contributed by atoms with van der Waals surface area (Å²) < 4.78 is 5.30. The first-order chi connectivity index (χ1) is 8.25. The smallest absolute Gasteiger partial charge is 0.309 e. The molecule has 1 aliphatic carbocycles. The fourth-order valence-electron chi connectivity index (χ4n) is 2.19. The van der Waals surface area contributed by atoms with Crippen molar-refractivity contribution in [2.45, 2.75) is 38.7 Å². The summed E-state index contributed by atoms with van der Waals surface area (Å²) in [4.78, 5) is 15.7. The standard InChI is InChI=1S/C13H18N2O2/c14-12-8-10(6-7-15-12)9-17-13(16)11-4-2-1-3-5-11/h6-8,11H,1-5,9H2,(H2,14,15). The molecule has 0 unspecified atom stereocenters. The van der Waals surface area contributed by atoms with E-state index in [4.69, 9.17) is 10.5 Å². The molecule has 0 aliphatic heterocycles. The first kappa shape index (κ1) is 11.9. The highest BCUT2D eigenvalue weighted by Gasteiger charge is 2.22. The van der Waals surface area contributed by atoms with Gasteiger partial charge in [0.25, 0.3) is 0 Å². The Morgan fingerprint density at radius 3 is 2.88 bits per heavy atom. The van der Waals surface area contributed by atoms with E-state index in [1.54, 1.807) is 12.3 Å². The Morgan fingerprint density at radius 2 is 2.18 bits per heavy atom. The molecule has 1 aromatic rings. The summed E-state index contributed by atoms with van der Waals surface area (Å²) in [6.07, 6.45) is 7.09. The van der Waals surface area contributed by atoms with Crippen molar-refractivity contribution in [3.63, 3.8) is 0 Å². The van der Waals surface area contributed by atoms with Gasteiger partial charge in [-0.2, -0.15) is 0 Å². The second-order valence-corrected chi connectivity index (χ2v) is 4.53. The van der Waals surface area contributed by atoms with Crippen LogP contribution in [0.4, 0.5) is 5.82 Å². The fourth-order valence-corrected chi connectivity index (χ4v) is 2.19. The van der Waals surface area contributed by atoms with Crippen molar-refractivity contribution < 1.29 is 9.53 Å². The number of ether oxygens (including phenoxy) is 1. The molecule has 0 atom stereocenters. The summed E-state index contributed by atoms with van der Waals surface area (Å²) in [5.74, 6) is 0.485. The zero-order chi connectivity index (χ0) is 12.1. The molecule has 2 rings (SSSR count). The topological polar surface area (TPSA) is 65.2 Å². The molecule has 1 fully saturated rings. The van der Waals surface area contributed by atoms with Gasteiger partial charge in [0.1, 0.15) is 12.4 Å². The summed E-state index contributed by atoms with van der Waals surface area (Å²) in [5, 5.41) is 0. The van der Waals surface area contributed by atoms with Crippen LogP contribution in [0, 0.1) is 5.92 Å². The second-order valence-electron chi connectivity index (χ2n) is 4.53. The molecule has 0 radical (unpaired) electrons. The molecule has 0 saturated heterocycles. The summed E-state index contributed by atoms with van der Waals surface area (Å²) in [6, 6.07) is 3.54. The minimum Gasteiger partial charge on any atom is -0.461 e. The van der Waals surface area contributed by atoms with E-state index in [1.807, 2.05) is 6.07 Å². The molecule has 1 saturated carbocycles. The largest absolute Gasteiger partial charge is 0.461 e. The van der Waals surface area contributed by atoms with Crippen molar-refractivity contribution in [2.24, 2.45) is 5.92 Å². The Balaban J connectivity index is 1.83. The van der Waals surface area contributed by atoms with Gasteiger partial charge in [-0.15, -0.1) is 0 Å². The zero-order valence-corrected chi connectivity index (χ0v) is 9.89. The average Bonchev–Trinajstić information content (AvgIpc) is 2.37. The minimum absolute atomic E-state index is 0.0694. The summed E-state index contributed by atoms with van der Waals surface area (Å²) in [5.41, 5.74) is 6.45. The van der Waals surface area contributed by atoms with Gasteiger partial charge in [-0.05, 0) is 30.5 Å². The molecule has 17 heavy (non-hydrogen) atoms. The maximum absolute atomic E-state index is 11.8. The third kappa shape index (κ3) is 3.44. The van der Waals surface area contributed by atoms with E-state index in [9.17, 15) is 4.79 Å². The maximum Gasteiger partial charge on any atom is 0.309 e. The molecule has 92 valence electrons. The van der Waals surface area contributed by atoms with Crippen molar-refractivity contribution in [3.8, 4) is 0 Å². The van der Waals surface area contributed by atoms with E-state index >= 15 is 0 Å². The monoisotopic (exact) mass is 234 g/mol. The van der Waals surface area contributed by atoms with Crippen molar-refractivity contribution in [2.75, 3.05) is 5.73 Å². The average molecular weight is 234 g/mol. The number of anilines is 1. The Labute approximate surface area is 101 Å². The van der Waals surface area contributed by atoms with Gasteiger partial charge in [0, 0.05) is 6.20 Å². The number of hydrogen-bond acceptors (Lipinski definition) is 4. The summed E-state index contributed by atoms with van der Waals surface area (Å²) >= 11 is 0. The Morgan fingerprint density at radius 1 is 1.41 bits per heavy atom. The zero-order valence-electron chi connectivity index (χ0n) is 9.89. The predicted molar refractivity (Wildman–Crippen MR) is 65.0 cm³/mol. The number of esters is 1. The second kappa shape index (κ2) is 5.66. The number of carbonyl (C=O) groups excluding carboxylic acids is 1. The first-order valence-corrected chi connectivity index (χ1v) is 6.13. The normalized spacial score (nSPS) is 16.7. The number of nitrogen functional groups attached to an aromatic ring is 1. The summed E-state index contributed by atoms with van der Waals surface area (Å²) in [7, 11) is 0.